The van der Waals surface area contributed by atoms with Crippen LogP contribution in [0.3, 0.4) is 0 Å². The molecular weight excluding hydrogens is 242 g/mol. The highest BCUT2D eigenvalue weighted by atomic mass is 35.5. The first kappa shape index (κ1) is 11.5. The van der Waals surface area contributed by atoms with Gasteiger partial charge in [0.05, 0.1) is 29.5 Å². The summed E-state index contributed by atoms with van der Waals surface area (Å²) < 4.78 is 0. The molecule has 2 aromatic rings. The van der Waals surface area contributed by atoms with Gasteiger partial charge in [-0.2, -0.15) is 5.10 Å². The number of aryl methyl sites for hydroxylation is 2. The zero-order valence-corrected chi connectivity index (χ0v) is 10.0. The number of carbonyl (C=O) groups excluding carboxylic acids is 1. The summed E-state index contributed by atoms with van der Waals surface area (Å²) in [7, 11) is 0. The van der Waals surface area contributed by atoms with E-state index in [9.17, 15) is 4.79 Å². The topological polar surface area (TPSA) is 83.6 Å². The van der Waals surface area contributed by atoms with Crippen LogP contribution in [0, 0.1) is 13.8 Å². The van der Waals surface area contributed by atoms with Gasteiger partial charge < -0.3 is 5.32 Å². The van der Waals surface area contributed by atoms with Crippen LogP contribution in [0.5, 0.6) is 0 Å². The summed E-state index contributed by atoms with van der Waals surface area (Å²) in [6.07, 6.45) is 2.72. The van der Waals surface area contributed by atoms with Crippen LogP contribution < -0.4 is 5.32 Å². The molecule has 0 aliphatic rings. The van der Waals surface area contributed by atoms with Gasteiger partial charge in [0, 0.05) is 0 Å². The van der Waals surface area contributed by atoms with E-state index < -0.39 is 0 Å². The van der Waals surface area contributed by atoms with Crippen LogP contribution >= 0.6 is 11.6 Å². The first-order valence-electron chi connectivity index (χ1n) is 4.88. The monoisotopic (exact) mass is 251 g/mol. The number of halogens is 1. The van der Waals surface area contributed by atoms with Crippen molar-refractivity contribution in [3.05, 3.63) is 34.6 Å². The number of anilines is 1. The van der Waals surface area contributed by atoms with Gasteiger partial charge in [-0.15, -0.1) is 0 Å². The van der Waals surface area contributed by atoms with Gasteiger partial charge in [-0.05, 0) is 13.8 Å². The Bertz CT molecular complexity index is 546. The molecular formula is C10H10ClN5O. The van der Waals surface area contributed by atoms with E-state index in [0.29, 0.717) is 11.4 Å². The number of nitrogens with zero attached hydrogens (tertiary/aromatic N) is 3. The number of carbonyl (C=O) groups is 1. The first-order valence-corrected chi connectivity index (χ1v) is 5.26. The summed E-state index contributed by atoms with van der Waals surface area (Å²) in [6.45, 7) is 3.61. The van der Waals surface area contributed by atoms with E-state index in [0.717, 1.165) is 5.69 Å². The number of aromatic nitrogens is 4. The Labute approximate surface area is 102 Å². The summed E-state index contributed by atoms with van der Waals surface area (Å²) >= 11 is 5.66. The number of rotatable bonds is 2. The average Bonchev–Trinajstić information content (AvgIpc) is 2.61. The molecule has 0 aliphatic carbocycles. The maximum Gasteiger partial charge on any atom is 0.276 e. The molecule has 88 valence electrons. The molecule has 2 heterocycles. The third-order valence-corrected chi connectivity index (χ3v) is 2.39. The Morgan fingerprint density at radius 2 is 2.18 bits per heavy atom. The predicted molar refractivity (Wildman–Crippen MR) is 63.1 cm³/mol. The number of nitrogens with one attached hydrogen (secondary N) is 2. The highest BCUT2D eigenvalue weighted by molar-refractivity contribution is 6.29. The molecule has 2 aromatic heterocycles. The number of aromatic amines is 1. The van der Waals surface area contributed by atoms with E-state index in [-0.39, 0.29) is 16.8 Å². The smallest absolute Gasteiger partial charge is 0.276 e. The van der Waals surface area contributed by atoms with Gasteiger partial charge in [0.15, 0.2) is 0 Å². The number of hydrogen-bond acceptors (Lipinski definition) is 4. The maximum absolute atomic E-state index is 11.9. The van der Waals surface area contributed by atoms with Crippen LogP contribution in [0.25, 0.3) is 0 Å². The van der Waals surface area contributed by atoms with Crippen LogP contribution in [0.4, 0.5) is 5.69 Å². The van der Waals surface area contributed by atoms with E-state index in [1.54, 1.807) is 6.92 Å². The molecule has 0 radical (unpaired) electrons. The molecule has 6 nitrogen and oxygen atoms in total. The molecule has 0 saturated heterocycles. The second-order valence-electron chi connectivity index (χ2n) is 3.49. The minimum absolute atomic E-state index is 0.164. The Morgan fingerprint density at radius 1 is 1.41 bits per heavy atom. The molecule has 2 rings (SSSR count). The molecule has 0 aromatic carbocycles. The van der Waals surface area contributed by atoms with Crippen LogP contribution in [0.2, 0.25) is 5.15 Å². The quantitative estimate of drug-likeness (QED) is 0.851. The number of H-pyrrole nitrogens is 1. The van der Waals surface area contributed by atoms with Crippen LogP contribution in [0.1, 0.15) is 21.9 Å². The van der Waals surface area contributed by atoms with Crippen LogP contribution in [-0.4, -0.2) is 26.1 Å². The lowest BCUT2D eigenvalue weighted by atomic mass is 10.3. The highest BCUT2D eigenvalue weighted by Crippen LogP contribution is 2.16. The lowest BCUT2D eigenvalue weighted by molar-refractivity contribution is 0.102. The van der Waals surface area contributed by atoms with Gasteiger partial charge in [-0.25, -0.2) is 4.98 Å². The summed E-state index contributed by atoms with van der Waals surface area (Å²) in [5.41, 5.74) is 2.31. The zero-order chi connectivity index (χ0) is 12.4. The van der Waals surface area contributed by atoms with Gasteiger partial charge in [-0.1, -0.05) is 11.6 Å². The van der Waals surface area contributed by atoms with Crippen molar-refractivity contribution in [1.82, 2.24) is 20.2 Å². The third-order valence-electron chi connectivity index (χ3n) is 2.20. The second-order valence-corrected chi connectivity index (χ2v) is 3.88. The van der Waals surface area contributed by atoms with E-state index in [4.69, 9.17) is 11.6 Å². The number of amides is 1. The van der Waals surface area contributed by atoms with E-state index in [1.165, 1.54) is 12.4 Å². The average molecular weight is 252 g/mol. The molecule has 2 N–H and O–H groups in total. The Balaban J connectivity index is 2.23. The van der Waals surface area contributed by atoms with Crippen LogP contribution in [0.15, 0.2) is 12.4 Å². The van der Waals surface area contributed by atoms with Gasteiger partial charge in [0.2, 0.25) is 0 Å². The fraction of sp³-hybridized carbons (Fsp3) is 0.200. The van der Waals surface area contributed by atoms with E-state index >= 15 is 0 Å². The fourth-order valence-corrected chi connectivity index (χ4v) is 1.51. The molecule has 0 bridgehead atoms. The van der Waals surface area contributed by atoms with Crippen molar-refractivity contribution in [3.63, 3.8) is 0 Å². The van der Waals surface area contributed by atoms with Crippen molar-refractivity contribution in [2.75, 3.05) is 5.32 Å². The maximum atomic E-state index is 11.9. The largest absolute Gasteiger partial charge is 0.317 e. The SMILES string of the molecule is Cc1n[nH]c(C)c1NC(=O)c1cncc(Cl)n1. The van der Waals surface area contributed by atoms with Crippen molar-refractivity contribution in [2.24, 2.45) is 0 Å². The molecule has 0 unspecified atom stereocenters. The van der Waals surface area contributed by atoms with Crippen molar-refractivity contribution < 1.29 is 4.79 Å². The zero-order valence-electron chi connectivity index (χ0n) is 9.28. The molecule has 0 aliphatic heterocycles. The summed E-state index contributed by atoms with van der Waals surface area (Å²) in [4.78, 5) is 19.5. The van der Waals surface area contributed by atoms with Gasteiger partial charge in [0.1, 0.15) is 10.8 Å². The third kappa shape index (κ3) is 2.42. The normalized spacial score (nSPS) is 10.3. The Morgan fingerprint density at radius 3 is 2.76 bits per heavy atom. The molecule has 7 heteroatoms. The molecule has 17 heavy (non-hydrogen) atoms. The molecule has 1 amide bonds. The first-order chi connectivity index (χ1) is 8.08. The van der Waals surface area contributed by atoms with Gasteiger partial charge in [0.25, 0.3) is 5.91 Å². The standard InChI is InChI=1S/C10H10ClN5O/c1-5-9(6(2)16-15-5)14-10(17)7-3-12-4-8(11)13-7/h3-4H,1-2H3,(H,14,17)(H,15,16). The van der Waals surface area contributed by atoms with E-state index in [1.807, 2.05) is 6.92 Å². The van der Waals surface area contributed by atoms with Crippen molar-refractivity contribution in [3.8, 4) is 0 Å². The van der Waals surface area contributed by atoms with Crippen molar-refractivity contribution >= 4 is 23.2 Å². The minimum Gasteiger partial charge on any atom is -0.317 e. The van der Waals surface area contributed by atoms with Crippen molar-refractivity contribution in [2.45, 2.75) is 13.8 Å². The second kappa shape index (κ2) is 4.50. The number of hydrogen-bond donors (Lipinski definition) is 2. The summed E-state index contributed by atoms with van der Waals surface area (Å²) in [5, 5.41) is 9.64. The molecule has 0 saturated carbocycles. The molecule has 0 fully saturated rings. The lowest BCUT2D eigenvalue weighted by Gasteiger charge is -2.04. The van der Waals surface area contributed by atoms with E-state index in [2.05, 4.69) is 25.5 Å². The van der Waals surface area contributed by atoms with Gasteiger partial charge >= 0.3 is 0 Å². The van der Waals surface area contributed by atoms with Gasteiger partial charge in [-0.3, -0.25) is 14.9 Å². The predicted octanol–water partition coefficient (Wildman–Crippen LogP) is 1.72. The molecule has 0 spiro atoms. The lowest BCUT2D eigenvalue weighted by Crippen LogP contribution is -2.15. The Hall–Kier alpha value is -1.95. The van der Waals surface area contributed by atoms with Crippen LogP contribution in [-0.2, 0) is 0 Å². The van der Waals surface area contributed by atoms with Crippen molar-refractivity contribution in [1.29, 1.82) is 0 Å². The fourth-order valence-electron chi connectivity index (χ4n) is 1.36. The Kier molecular flexibility index (Phi) is 3.06. The molecule has 0 atom stereocenters. The minimum atomic E-state index is -0.368. The summed E-state index contributed by atoms with van der Waals surface area (Å²) in [6, 6.07) is 0. The summed E-state index contributed by atoms with van der Waals surface area (Å²) in [5.74, 6) is -0.368. The highest BCUT2D eigenvalue weighted by Gasteiger charge is 2.13.